The summed E-state index contributed by atoms with van der Waals surface area (Å²) in [5.41, 5.74) is 7.69. The van der Waals surface area contributed by atoms with Crippen LogP contribution in [0.5, 0.6) is 11.5 Å². The zero-order valence-electron chi connectivity index (χ0n) is 15.3. The smallest absolute Gasteiger partial charge is 0.251 e. The first-order valence-corrected chi connectivity index (χ1v) is 8.80. The first kappa shape index (κ1) is 19.7. The van der Waals surface area contributed by atoms with Crippen LogP contribution in [-0.2, 0) is 11.3 Å². The van der Waals surface area contributed by atoms with Crippen LogP contribution in [0.4, 0.5) is 5.00 Å². The SMILES string of the molecule is COc1cc(C)c(CN(C)CC(=O)Nc2sccc2C(N)=O)cc1OC. The minimum Gasteiger partial charge on any atom is -0.493 e. The molecule has 1 aromatic heterocycles. The number of rotatable bonds is 8. The molecule has 1 aromatic carbocycles. The number of hydrogen-bond donors (Lipinski definition) is 2. The van der Waals surface area contributed by atoms with Crippen molar-refractivity contribution in [1.82, 2.24) is 4.90 Å². The molecule has 0 aliphatic heterocycles. The van der Waals surface area contributed by atoms with Crippen LogP contribution < -0.4 is 20.5 Å². The van der Waals surface area contributed by atoms with E-state index in [9.17, 15) is 9.59 Å². The van der Waals surface area contributed by atoms with Gasteiger partial charge < -0.3 is 20.5 Å². The summed E-state index contributed by atoms with van der Waals surface area (Å²) >= 11 is 1.27. The van der Waals surface area contributed by atoms with Crippen molar-refractivity contribution in [3.63, 3.8) is 0 Å². The highest BCUT2D eigenvalue weighted by Crippen LogP contribution is 2.30. The quantitative estimate of drug-likeness (QED) is 0.736. The van der Waals surface area contributed by atoms with Gasteiger partial charge in [0, 0.05) is 6.54 Å². The third-order valence-electron chi connectivity index (χ3n) is 3.88. The lowest BCUT2D eigenvalue weighted by atomic mass is 10.1. The molecule has 2 rings (SSSR count). The maximum Gasteiger partial charge on any atom is 0.251 e. The summed E-state index contributed by atoms with van der Waals surface area (Å²) in [7, 11) is 5.03. The number of benzene rings is 1. The molecule has 2 aromatic rings. The van der Waals surface area contributed by atoms with Gasteiger partial charge in [-0.1, -0.05) is 0 Å². The number of carbonyl (C=O) groups excluding carboxylic acids is 2. The molecule has 0 aliphatic rings. The molecule has 0 saturated carbocycles. The van der Waals surface area contributed by atoms with Crippen LogP contribution in [0.3, 0.4) is 0 Å². The molecule has 0 radical (unpaired) electrons. The van der Waals surface area contributed by atoms with Gasteiger partial charge in [0.15, 0.2) is 11.5 Å². The van der Waals surface area contributed by atoms with Crippen LogP contribution in [0.25, 0.3) is 0 Å². The van der Waals surface area contributed by atoms with Crippen molar-refractivity contribution in [3.8, 4) is 11.5 Å². The number of nitrogens with one attached hydrogen (secondary N) is 1. The van der Waals surface area contributed by atoms with Gasteiger partial charge in [-0.2, -0.15) is 0 Å². The molecule has 0 unspecified atom stereocenters. The molecular weight excluding hydrogens is 354 g/mol. The summed E-state index contributed by atoms with van der Waals surface area (Å²) in [6, 6.07) is 5.42. The van der Waals surface area contributed by atoms with Gasteiger partial charge in [-0.15, -0.1) is 11.3 Å². The summed E-state index contributed by atoms with van der Waals surface area (Å²) in [5, 5.41) is 4.92. The van der Waals surface area contributed by atoms with Crippen LogP contribution in [0, 0.1) is 6.92 Å². The summed E-state index contributed by atoms with van der Waals surface area (Å²) in [5.74, 6) is 0.549. The molecule has 0 saturated heterocycles. The fraction of sp³-hybridized carbons (Fsp3) is 0.333. The molecule has 1 heterocycles. The van der Waals surface area contributed by atoms with Crippen molar-refractivity contribution in [2.45, 2.75) is 13.5 Å². The number of nitrogens with two attached hydrogens (primary N) is 1. The highest BCUT2D eigenvalue weighted by Gasteiger charge is 2.15. The molecular formula is C18H23N3O4S. The van der Waals surface area contributed by atoms with Crippen molar-refractivity contribution < 1.29 is 19.1 Å². The highest BCUT2D eigenvalue weighted by atomic mass is 32.1. The number of hydrogen-bond acceptors (Lipinski definition) is 6. The number of methoxy groups -OCH3 is 2. The molecule has 7 nitrogen and oxygen atoms in total. The Kier molecular flexibility index (Phi) is 6.59. The third-order valence-corrected chi connectivity index (χ3v) is 4.71. The second-order valence-electron chi connectivity index (χ2n) is 5.88. The van der Waals surface area contributed by atoms with Gasteiger partial charge in [0.25, 0.3) is 5.91 Å². The molecule has 0 atom stereocenters. The van der Waals surface area contributed by atoms with Crippen LogP contribution in [-0.4, -0.2) is 44.5 Å². The second kappa shape index (κ2) is 8.68. The van der Waals surface area contributed by atoms with Crippen molar-refractivity contribution in [1.29, 1.82) is 0 Å². The molecule has 2 amide bonds. The number of primary amides is 1. The lowest BCUT2D eigenvalue weighted by Crippen LogP contribution is -2.30. The number of aryl methyl sites for hydroxylation is 1. The third kappa shape index (κ3) is 4.74. The topological polar surface area (TPSA) is 93.9 Å². The Morgan fingerprint density at radius 3 is 2.50 bits per heavy atom. The van der Waals surface area contributed by atoms with E-state index >= 15 is 0 Å². The van der Waals surface area contributed by atoms with E-state index in [0.717, 1.165) is 11.1 Å². The maximum absolute atomic E-state index is 12.3. The van der Waals surface area contributed by atoms with Crippen LogP contribution in [0.1, 0.15) is 21.5 Å². The fourth-order valence-electron chi connectivity index (χ4n) is 2.55. The first-order valence-electron chi connectivity index (χ1n) is 7.92. The lowest BCUT2D eigenvalue weighted by molar-refractivity contribution is -0.117. The van der Waals surface area contributed by atoms with Gasteiger partial charge in [0.05, 0.1) is 26.3 Å². The van der Waals surface area contributed by atoms with E-state index in [1.807, 2.05) is 31.0 Å². The van der Waals surface area contributed by atoms with Gasteiger partial charge in [-0.3, -0.25) is 14.5 Å². The predicted octanol–water partition coefficient (Wildman–Crippen LogP) is 2.24. The molecule has 3 N–H and O–H groups in total. The fourth-order valence-corrected chi connectivity index (χ4v) is 3.36. The molecule has 0 fully saturated rings. The molecule has 0 spiro atoms. The summed E-state index contributed by atoms with van der Waals surface area (Å²) in [6.45, 7) is 2.71. The molecule has 0 bridgehead atoms. The second-order valence-corrected chi connectivity index (χ2v) is 6.80. The van der Waals surface area contributed by atoms with E-state index in [2.05, 4.69) is 5.32 Å². The van der Waals surface area contributed by atoms with Crippen molar-refractivity contribution in [2.24, 2.45) is 5.73 Å². The van der Waals surface area contributed by atoms with Crippen LogP contribution >= 0.6 is 11.3 Å². The number of likely N-dealkylation sites (N-methyl/N-ethyl adjacent to an activating group) is 1. The summed E-state index contributed by atoms with van der Waals surface area (Å²) in [4.78, 5) is 25.5. The number of amides is 2. The number of carbonyl (C=O) groups is 2. The van der Waals surface area contributed by atoms with Gasteiger partial charge in [-0.05, 0) is 48.7 Å². The van der Waals surface area contributed by atoms with E-state index < -0.39 is 5.91 Å². The average Bonchev–Trinajstić information content (AvgIpc) is 3.04. The number of nitrogens with zero attached hydrogens (tertiary/aromatic N) is 1. The Morgan fingerprint density at radius 1 is 1.23 bits per heavy atom. The highest BCUT2D eigenvalue weighted by molar-refractivity contribution is 7.14. The summed E-state index contributed by atoms with van der Waals surface area (Å²) < 4.78 is 10.6. The zero-order valence-corrected chi connectivity index (χ0v) is 16.1. The number of ether oxygens (including phenoxy) is 2. The van der Waals surface area contributed by atoms with E-state index in [1.54, 1.807) is 25.7 Å². The van der Waals surface area contributed by atoms with Gasteiger partial charge in [0.1, 0.15) is 5.00 Å². The Hall–Kier alpha value is -2.58. The molecule has 0 aliphatic carbocycles. The normalized spacial score (nSPS) is 10.7. The Labute approximate surface area is 156 Å². The average molecular weight is 377 g/mol. The van der Waals surface area contributed by atoms with E-state index in [0.29, 0.717) is 28.6 Å². The monoisotopic (exact) mass is 377 g/mol. The Morgan fingerprint density at radius 2 is 1.88 bits per heavy atom. The van der Waals surface area contributed by atoms with E-state index in [4.69, 9.17) is 15.2 Å². The Bertz CT molecular complexity index is 804. The molecule has 140 valence electrons. The first-order chi connectivity index (χ1) is 12.3. The predicted molar refractivity (Wildman–Crippen MR) is 102 cm³/mol. The van der Waals surface area contributed by atoms with Crippen molar-refractivity contribution in [3.05, 3.63) is 40.3 Å². The van der Waals surface area contributed by atoms with Crippen LogP contribution in [0.2, 0.25) is 0 Å². The van der Waals surface area contributed by atoms with Gasteiger partial charge >= 0.3 is 0 Å². The minimum absolute atomic E-state index is 0.171. The Balaban J connectivity index is 2.02. The zero-order chi connectivity index (χ0) is 19.3. The van der Waals surface area contributed by atoms with E-state index in [-0.39, 0.29) is 12.5 Å². The van der Waals surface area contributed by atoms with Crippen molar-refractivity contribution >= 4 is 28.2 Å². The van der Waals surface area contributed by atoms with Gasteiger partial charge in [-0.25, -0.2) is 0 Å². The number of thiophene rings is 1. The lowest BCUT2D eigenvalue weighted by Gasteiger charge is -2.19. The van der Waals surface area contributed by atoms with E-state index in [1.165, 1.54) is 11.3 Å². The molecule has 26 heavy (non-hydrogen) atoms. The largest absolute Gasteiger partial charge is 0.493 e. The maximum atomic E-state index is 12.3. The van der Waals surface area contributed by atoms with Gasteiger partial charge in [0.2, 0.25) is 5.91 Å². The van der Waals surface area contributed by atoms with Crippen molar-refractivity contribution in [2.75, 3.05) is 33.1 Å². The standard InChI is InChI=1S/C18H23N3O4S/c1-11-7-14(24-3)15(25-4)8-12(11)9-21(2)10-16(22)20-18-13(17(19)23)5-6-26-18/h5-8H,9-10H2,1-4H3,(H2,19,23)(H,20,22). The van der Waals surface area contributed by atoms with Crippen LogP contribution in [0.15, 0.2) is 23.6 Å². The molecule has 8 heteroatoms. The number of anilines is 1. The minimum atomic E-state index is -0.559. The summed E-state index contributed by atoms with van der Waals surface area (Å²) in [6.07, 6.45) is 0.